The molecule has 0 aliphatic carbocycles. The summed E-state index contributed by atoms with van der Waals surface area (Å²) in [7, 11) is 0. The largest absolute Gasteiger partial charge is 0.466 e. The highest BCUT2D eigenvalue weighted by atomic mass is 16.5. The Labute approximate surface area is 154 Å². The van der Waals surface area contributed by atoms with Crippen LogP contribution in [0.25, 0.3) is 0 Å². The number of esters is 1. The molecule has 1 aliphatic rings. The number of amides is 2. The molecule has 1 N–H and O–H groups in total. The summed E-state index contributed by atoms with van der Waals surface area (Å²) in [6, 6.07) is 6.91. The van der Waals surface area contributed by atoms with Crippen molar-refractivity contribution in [2.45, 2.75) is 46.0 Å². The minimum absolute atomic E-state index is 0.0146. The van der Waals surface area contributed by atoms with Crippen molar-refractivity contribution in [3.63, 3.8) is 0 Å². The van der Waals surface area contributed by atoms with Crippen LogP contribution in [0.5, 0.6) is 0 Å². The van der Waals surface area contributed by atoms with Gasteiger partial charge in [0.15, 0.2) is 0 Å². The van der Waals surface area contributed by atoms with E-state index in [1.165, 1.54) is 0 Å². The van der Waals surface area contributed by atoms with Gasteiger partial charge >= 0.3 is 5.97 Å². The molecule has 6 heteroatoms. The highest BCUT2D eigenvalue weighted by Crippen LogP contribution is 2.20. The number of likely N-dealkylation sites (tertiary alicyclic amines) is 1. The van der Waals surface area contributed by atoms with Gasteiger partial charge in [0.05, 0.1) is 12.5 Å². The predicted octanol–water partition coefficient (Wildman–Crippen LogP) is 3.23. The second kappa shape index (κ2) is 9.94. The summed E-state index contributed by atoms with van der Waals surface area (Å²) in [6.45, 7) is 5.22. The Morgan fingerprint density at radius 3 is 2.58 bits per heavy atom. The van der Waals surface area contributed by atoms with Gasteiger partial charge in [-0.15, -0.1) is 0 Å². The number of piperidine rings is 1. The molecule has 1 saturated heterocycles. The van der Waals surface area contributed by atoms with E-state index in [4.69, 9.17) is 4.74 Å². The molecule has 1 aromatic carbocycles. The maximum absolute atomic E-state index is 12.7. The van der Waals surface area contributed by atoms with Gasteiger partial charge < -0.3 is 15.0 Å². The number of hydrogen-bond donors (Lipinski definition) is 1. The van der Waals surface area contributed by atoms with Gasteiger partial charge in [0.1, 0.15) is 0 Å². The van der Waals surface area contributed by atoms with Crippen LogP contribution in [0.2, 0.25) is 0 Å². The first-order valence-electron chi connectivity index (χ1n) is 9.41. The maximum atomic E-state index is 12.7. The van der Waals surface area contributed by atoms with Crippen LogP contribution in [0, 0.1) is 5.92 Å². The molecule has 1 atom stereocenters. The van der Waals surface area contributed by atoms with Crippen LogP contribution in [0.3, 0.4) is 0 Å². The number of carbonyl (C=O) groups is 3. The second-order valence-electron chi connectivity index (χ2n) is 6.57. The minimum atomic E-state index is -0.246. The molecule has 1 aliphatic heterocycles. The second-order valence-corrected chi connectivity index (χ2v) is 6.57. The summed E-state index contributed by atoms with van der Waals surface area (Å²) in [5, 5.41) is 2.83. The molecular formula is C20H28N2O4. The summed E-state index contributed by atoms with van der Waals surface area (Å²) in [5.74, 6) is -0.581. The molecule has 0 radical (unpaired) electrons. The number of nitrogens with one attached hydrogen (secondary N) is 1. The van der Waals surface area contributed by atoms with Crippen molar-refractivity contribution >= 4 is 23.5 Å². The van der Waals surface area contributed by atoms with E-state index in [-0.39, 0.29) is 23.7 Å². The molecule has 1 fully saturated rings. The van der Waals surface area contributed by atoms with Gasteiger partial charge in [0, 0.05) is 30.8 Å². The van der Waals surface area contributed by atoms with Crippen LogP contribution >= 0.6 is 0 Å². The lowest BCUT2D eigenvalue weighted by Gasteiger charge is -2.31. The zero-order valence-corrected chi connectivity index (χ0v) is 15.6. The number of hydrogen-bond acceptors (Lipinski definition) is 4. The fourth-order valence-electron chi connectivity index (χ4n) is 3.05. The molecule has 142 valence electrons. The van der Waals surface area contributed by atoms with Crippen molar-refractivity contribution in [3.8, 4) is 0 Å². The molecule has 0 aromatic heterocycles. The van der Waals surface area contributed by atoms with Crippen LogP contribution in [0.4, 0.5) is 5.69 Å². The summed E-state index contributed by atoms with van der Waals surface area (Å²) in [5.41, 5.74) is 1.24. The van der Waals surface area contributed by atoms with E-state index in [9.17, 15) is 14.4 Å². The molecule has 0 unspecified atom stereocenters. The molecule has 0 bridgehead atoms. The molecule has 0 spiro atoms. The Balaban J connectivity index is 1.94. The number of anilines is 1. The topological polar surface area (TPSA) is 75.7 Å². The molecule has 2 rings (SSSR count). The monoisotopic (exact) mass is 360 g/mol. The smallest absolute Gasteiger partial charge is 0.310 e. The van der Waals surface area contributed by atoms with E-state index in [1.54, 1.807) is 36.1 Å². The minimum Gasteiger partial charge on any atom is -0.466 e. The molecule has 1 aromatic rings. The van der Waals surface area contributed by atoms with Gasteiger partial charge in [-0.3, -0.25) is 14.4 Å². The van der Waals surface area contributed by atoms with E-state index >= 15 is 0 Å². The van der Waals surface area contributed by atoms with Gasteiger partial charge in [0.25, 0.3) is 5.91 Å². The zero-order chi connectivity index (χ0) is 18.9. The summed E-state index contributed by atoms with van der Waals surface area (Å²) in [4.78, 5) is 38.1. The van der Waals surface area contributed by atoms with Crippen LogP contribution in [-0.2, 0) is 14.3 Å². The molecule has 26 heavy (non-hydrogen) atoms. The van der Waals surface area contributed by atoms with Crippen LogP contribution in [0.1, 0.15) is 56.3 Å². The first-order chi connectivity index (χ1) is 12.5. The average Bonchev–Trinajstić information content (AvgIpc) is 2.66. The summed E-state index contributed by atoms with van der Waals surface area (Å²) in [6.07, 6.45) is 3.88. The van der Waals surface area contributed by atoms with Crippen LogP contribution in [-0.4, -0.2) is 42.4 Å². The lowest BCUT2D eigenvalue weighted by molar-refractivity contribution is -0.149. The van der Waals surface area contributed by atoms with Gasteiger partial charge in [-0.05, 0) is 50.5 Å². The Morgan fingerprint density at radius 2 is 1.92 bits per heavy atom. The molecular weight excluding hydrogens is 332 g/mol. The third-order valence-corrected chi connectivity index (χ3v) is 4.50. The predicted molar refractivity (Wildman–Crippen MR) is 99.9 cm³/mol. The third kappa shape index (κ3) is 5.58. The fraction of sp³-hybridized carbons (Fsp3) is 0.550. The number of unbranched alkanes of at least 4 members (excludes halogenated alkanes) is 1. The molecule has 1 heterocycles. The highest BCUT2D eigenvalue weighted by Gasteiger charge is 2.29. The third-order valence-electron chi connectivity index (χ3n) is 4.50. The van der Waals surface area contributed by atoms with E-state index < -0.39 is 0 Å². The Hall–Kier alpha value is -2.37. The van der Waals surface area contributed by atoms with Gasteiger partial charge in [-0.1, -0.05) is 13.3 Å². The normalized spacial score (nSPS) is 16.8. The SMILES string of the molecule is CCCCC(=O)Nc1ccc(C(=O)N2CCC[C@@H](C(=O)OCC)C2)cc1. The van der Waals surface area contributed by atoms with Crippen molar-refractivity contribution in [2.75, 3.05) is 25.0 Å². The van der Waals surface area contributed by atoms with Gasteiger partial charge in [-0.2, -0.15) is 0 Å². The van der Waals surface area contributed by atoms with Gasteiger partial charge in [0.2, 0.25) is 5.91 Å². The fourth-order valence-corrected chi connectivity index (χ4v) is 3.05. The lowest BCUT2D eigenvalue weighted by Crippen LogP contribution is -2.42. The number of ether oxygens (including phenoxy) is 1. The maximum Gasteiger partial charge on any atom is 0.310 e. The number of benzene rings is 1. The van der Waals surface area contributed by atoms with Crippen LogP contribution < -0.4 is 5.32 Å². The van der Waals surface area contributed by atoms with E-state index in [0.29, 0.717) is 37.4 Å². The first-order valence-corrected chi connectivity index (χ1v) is 9.41. The van der Waals surface area contributed by atoms with Crippen molar-refractivity contribution in [2.24, 2.45) is 5.92 Å². The quantitative estimate of drug-likeness (QED) is 0.758. The van der Waals surface area contributed by atoms with Crippen molar-refractivity contribution in [1.29, 1.82) is 0 Å². The van der Waals surface area contributed by atoms with Crippen molar-refractivity contribution < 1.29 is 19.1 Å². The molecule has 2 amide bonds. The number of nitrogens with zero attached hydrogens (tertiary/aromatic N) is 1. The lowest BCUT2D eigenvalue weighted by atomic mass is 9.97. The Morgan fingerprint density at radius 1 is 1.19 bits per heavy atom. The summed E-state index contributed by atoms with van der Waals surface area (Å²) >= 11 is 0. The number of rotatable bonds is 7. The Bertz CT molecular complexity index is 627. The van der Waals surface area contributed by atoms with E-state index in [1.807, 2.05) is 6.92 Å². The standard InChI is InChI=1S/C20H28N2O4/c1-3-5-8-18(23)21-17-11-9-15(10-12-17)19(24)22-13-6-7-16(14-22)20(25)26-4-2/h9-12,16H,3-8,13-14H2,1-2H3,(H,21,23)/t16-/m1/s1. The summed E-state index contributed by atoms with van der Waals surface area (Å²) < 4.78 is 5.08. The first kappa shape index (κ1) is 19.9. The molecule has 0 saturated carbocycles. The average molecular weight is 360 g/mol. The highest BCUT2D eigenvalue weighted by molar-refractivity contribution is 5.96. The Kier molecular flexibility index (Phi) is 7.63. The van der Waals surface area contributed by atoms with Crippen molar-refractivity contribution in [1.82, 2.24) is 4.90 Å². The van der Waals surface area contributed by atoms with Crippen molar-refractivity contribution in [3.05, 3.63) is 29.8 Å². The van der Waals surface area contributed by atoms with E-state index in [2.05, 4.69) is 5.32 Å². The van der Waals surface area contributed by atoms with E-state index in [0.717, 1.165) is 25.7 Å². The zero-order valence-electron chi connectivity index (χ0n) is 15.6. The number of carbonyl (C=O) groups excluding carboxylic acids is 3. The van der Waals surface area contributed by atoms with Gasteiger partial charge in [-0.25, -0.2) is 0 Å². The molecule has 6 nitrogen and oxygen atoms in total. The van der Waals surface area contributed by atoms with Crippen LogP contribution in [0.15, 0.2) is 24.3 Å².